The Morgan fingerprint density at radius 2 is 1.95 bits per heavy atom. The predicted octanol–water partition coefficient (Wildman–Crippen LogP) is 3.19. The quantitative estimate of drug-likeness (QED) is 0.852. The number of likely N-dealkylation sites (tertiary alicyclic amines) is 1. The predicted molar refractivity (Wildman–Crippen MR) is 82.3 cm³/mol. The van der Waals surface area contributed by atoms with Gasteiger partial charge in [0, 0.05) is 25.9 Å². The third-order valence-corrected chi connectivity index (χ3v) is 3.38. The normalized spacial score (nSPS) is 16.5. The van der Waals surface area contributed by atoms with Gasteiger partial charge in [-0.05, 0) is 32.9 Å². The Morgan fingerprint density at radius 1 is 1.32 bits per heavy atom. The van der Waals surface area contributed by atoms with Gasteiger partial charge in [-0.15, -0.1) is 0 Å². The number of nitrogen functional groups attached to an aromatic ring is 1. The molecule has 2 N–H and O–H groups in total. The minimum absolute atomic E-state index is 0.0956. The molecule has 1 saturated heterocycles. The summed E-state index contributed by atoms with van der Waals surface area (Å²) in [5.41, 5.74) is 5.51. The zero-order chi connectivity index (χ0) is 16.3. The van der Waals surface area contributed by atoms with Crippen LogP contribution in [0, 0.1) is 5.82 Å². The van der Waals surface area contributed by atoms with Crippen LogP contribution in [0.15, 0.2) is 18.2 Å². The van der Waals surface area contributed by atoms with E-state index >= 15 is 0 Å². The highest BCUT2D eigenvalue weighted by Gasteiger charge is 2.28. The van der Waals surface area contributed by atoms with Gasteiger partial charge in [0.2, 0.25) is 0 Å². The van der Waals surface area contributed by atoms with Gasteiger partial charge in [0.05, 0.1) is 5.69 Å². The van der Waals surface area contributed by atoms with Crippen molar-refractivity contribution in [2.24, 2.45) is 0 Å². The lowest BCUT2D eigenvalue weighted by atomic mass is 10.1. The highest BCUT2D eigenvalue weighted by molar-refractivity contribution is 5.68. The summed E-state index contributed by atoms with van der Waals surface area (Å²) in [6, 6.07) is 4.47. The fourth-order valence-corrected chi connectivity index (χ4v) is 2.30. The molecule has 0 radical (unpaired) electrons. The summed E-state index contributed by atoms with van der Waals surface area (Å²) < 4.78 is 24.7. The number of para-hydroxylation sites is 1. The van der Waals surface area contributed by atoms with Crippen molar-refractivity contribution in [3.8, 4) is 5.75 Å². The van der Waals surface area contributed by atoms with E-state index in [0.29, 0.717) is 25.9 Å². The van der Waals surface area contributed by atoms with Crippen molar-refractivity contribution in [3.05, 3.63) is 24.0 Å². The molecule has 0 bridgehead atoms. The standard InChI is InChI=1S/C16H23FN2O3/c1-16(2,3)22-15(20)19-9-7-11(8-10-19)21-14-12(17)5-4-6-13(14)18/h4-6,11H,7-10,18H2,1-3H3. The summed E-state index contributed by atoms with van der Waals surface area (Å²) in [6.07, 6.45) is 0.759. The van der Waals surface area contributed by atoms with Crippen LogP contribution in [0.5, 0.6) is 5.75 Å². The fraction of sp³-hybridized carbons (Fsp3) is 0.562. The molecule has 0 unspecified atom stereocenters. The molecule has 6 heteroatoms. The average Bonchev–Trinajstić information content (AvgIpc) is 2.42. The van der Waals surface area contributed by atoms with Gasteiger partial charge in [-0.1, -0.05) is 6.07 Å². The second-order valence-corrected chi connectivity index (χ2v) is 6.44. The number of nitrogens with zero attached hydrogens (tertiary/aromatic N) is 1. The Hall–Kier alpha value is -1.98. The first kappa shape index (κ1) is 16.4. The Morgan fingerprint density at radius 3 is 2.50 bits per heavy atom. The SMILES string of the molecule is CC(C)(C)OC(=O)N1CCC(Oc2c(N)cccc2F)CC1. The molecule has 0 atom stereocenters. The molecule has 0 aliphatic carbocycles. The number of nitrogens with two attached hydrogens (primary N) is 1. The number of ether oxygens (including phenoxy) is 2. The molecule has 1 aromatic rings. The first-order chi connectivity index (χ1) is 10.3. The van der Waals surface area contributed by atoms with Crippen molar-refractivity contribution < 1.29 is 18.7 Å². The van der Waals surface area contributed by atoms with E-state index in [9.17, 15) is 9.18 Å². The van der Waals surface area contributed by atoms with Gasteiger partial charge in [-0.2, -0.15) is 0 Å². The molecule has 0 saturated carbocycles. The number of piperidine rings is 1. The smallest absolute Gasteiger partial charge is 0.410 e. The summed E-state index contributed by atoms with van der Waals surface area (Å²) in [6.45, 7) is 6.55. The number of benzene rings is 1. The zero-order valence-electron chi connectivity index (χ0n) is 13.3. The highest BCUT2D eigenvalue weighted by Crippen LogP contribution is 2.28. The van der Waals surface area contributed by atoms with E-state index in [-0.39, 0.29) is 23.6 Å². The minimum atomic E-state index is -0.508. The van der Waals surface area contributed by atoms with Crippen molar-refractivity contribution in [2.45, 2.75) is 45.3 Å². The molecule has 122 valence electrons. The number of anilines is 1. The molecular formula is C16H23FN2O3. The van der Waals surface area contributed by atoms with Crippen LogP contribution in [0.2, 0.25) is 0 Å². The van der Waals surface area contributed by atoms with E-state index in [1.54, 1.807) is 17.0 Å². The largest absolute Gasteiger partial charge is 0.485 e. The summed E-state index contributed by atoms with van der Waals surface area (Å²) in [5.74, 6) is -0.368. The number of carbonyl (C=O) groups excluding carboxylic acids is 1. The lowest BCUT2D eigenvalue weighted by molar-refractivity contribution is 0.0124. The molecule has 1 fully saturated rings. The van der Waals surface area contributed by atoms with Crippen LogP contribution in [0.1, 0.15) is 33.6 Å². The topological polar surface area (TPSA) is 64.8 Å². The Bertz CT molecular complexity index is 514. The summed E-state index contributed by atoms with van der Waals surface area (Å²) >= 11 is 0. The average molecular weight is 310 g/mol. The maximum atomic E-state index is 13.7. The molecule has 1 aliphatic rings. The third kappa shape index (κ3) is 4.26. The van der Waals surface area contributed by atoms with Gasteiger partial charge in [0.25, 0.3) is 0 Å². The molecule has 1 amide bonds. The van der Waals surface area contributed by atoms with E-state index in [1.165, 1.54) is 6.07 Å². The van der Waals surface area contributed by atoms with Crippen molar-refractivity contribution >= 4 is 11.8 Å². The van der Waals surface area contributed by atoms with E-state index in [4.69, 9.17) is 15.2 Å². The van der Waals surface area contributed by atoms with E-state index in [1.807, 2.05) is 20.8 Å². The molecule has 0 aromatic heterocycles. The molecule has 0 spiro atoms. The monoisotopic (exact) mass is 310 g/mol. The van der Waals surface area contributed by atoms with Gasteiger partial charge in [-0.25, -0.2) is 9.18 Å². The number of rotatable bonds is 2. The van der Waals surface area contributed by atoms with E-state index in [0.717, 1.165) is 0 Å². The number of halogens is 1. The van der Waals surface area contributed by atoms with Crippen molar-refractivity contribution in [3.63, 3.8) is 0 Å². The molecule has 1 aliphatic heterocycles. The van der Waals surface area contributed by atoms with Crippen LogP contribution in [0.25, 0.3) is 0 Å². The Labute approximate surface area is 130 Å². The Balaban J connectivity index is 1.89. The molecule has 22 heavy (non-hydrogen) atoms. The van der Waals surface area contributed by atoms with Crippen molar-refractivity contribution in [1.82, 2.24) is 4.90 Å². The maximum absolute atomic E-state index is 13.7. The first-order valence-corrected chi connectivity index (χ1v) is 7.45. The van der Waals surface area contributed by atoms with Gasteiger partial charge in [-0.3, -0.25) is 0 Å². The van der Waals surface area contributed by atoms with Gasteiger partial charge in [0.1, 0.15) is 11.7 Å². The number of hydrogen-bond acceptors (Lipinski definition) is 4. The summed E-state index contributed by atoms with van der Waals surface area (Å²) in [5, 5.41) is 0. The van der Waals surface area contributed by atoms with Gasteiger partial charge in [0.15, 0.2) is 11.6 Å². The van der Waals surface area contributed by atoms with Crippen LogP contribution >= 0.6 is 0 Å². The lowest BCUT2D eigenvalue weighted by Crippen LogP contribution is -2.44. The molecule has 2 rings (SSSR count). The maximum Gasteiger partial charge on any atom is 0.410 e. The highest BCUT2D eigenvalue weighted by atomic mass is 19.1. The summed E-state index contributed by atoms with van der Waals surface area (Å²) in [4.78, 5) is 13.6. The minimum Gasteiger partial charge on any atom is -0.485 e. The lowest BCUT2D eigenvalue weighted by Gasteiger charge is -2.33. The molecule has 1 aromatic carbocycles. The van der Waals surface area contributed by atoms with Gasteiger partial charge >= 0.3 is 6.09 Å². The van der Waals surface area contributed by atoms with Crippen LogP contribution in [0.4, 0.5) is 14.9 Å². The van der Waals surface area contributed by atoms with Crippen LogP contribution < -0.4 is 10.5 Å². The van der Waals surface area contributed by atoms with Crippen molar-refractivity contribution in [2.75, 3.05) is 18.8 Å². The fourth-order valence-electron chi connectivity index (χ4n) is 2.30. The third-order valence-electron chi connectivity index (χ3n) is 3.38. The van der Waals surface area contributed by atoms with Gasteiger partial charge < -0.3 is 20.1 Å². The van der Waals surface area contributed by atoms with Crippen LogP contribution in [-0.4, -0.2) is 35.8 Å². The summed E-state index contributed by atoms with van der Waals surface area (Å²) in [7, 11) is 0. The van der Waals surface area contributed by atoms with Crippen LogP contribution in [-0.2, 0) is 4.74 Å². The zero-order valence-corrected chi connectivity index (χ0v) is 13.3. The molecular weight excluding hydrogens is 287 g/mol. The van der Waals surface area contributed by atoms with E-state index < -0.39 is 11.4 Å². The first-order valence-electron chi connectivity index (χ1n) is 7.45. The number of hydrogen-bond donors (Lipinski definition) is 1. The van der Waals surface area contributed by atoms with E-state index in [2.05, 4.69) is 0 Å². The van der Waals surface area contributed by atoms with Crippen LogP contribution in [0.3, 0.4) is 0 Å². The number of amides is 1. The Kier molecular flexibility index (Phi) is 4.78. The molecule has 1 heterocycles. The number of carbonyl (C=O) groups is 1. The molecule has 5 nitrogen and oxygen atoms in total. The second-order valence-electron chi connectivity index (χ2n) is 6.44. The van der Waals surface area contributed by atoms with Crippen molar-refractivity contribution in [1.29, 1.82) is 0 Å². The second kappa shape index (κ2) is 6.42.